The molecule has 1 aliphatic carbocycles. The second-order valence-electron chi connectivity index (χ2n) is 7.53. The van der Waals surface area contributed by atoms with E-state index in [0.717, 1.165) is 31.2 Å². The fraction of sp³-hybridized carbons (Fsp3) is 0.381. The van der Waals surface area contributed by atoms with E-state index in [1.807, 2.05) is 29.2 Å². The van der Waals surface area contributed by atoms with E-state index >= 15 is 0 Å². The van der Waals surface area contributed by atoms with Crippen molar-refractivity contribution in [3.63, 3.8) is 0 Å². The third-order valence-electron chi connectivity index (χ3n) is 5.61. The first-order valence-electron chi connectivity index (χ1n) is 9.46. The van der Waals surface area contributed by atoms with Gasteiger partial charge in [0, 0.05) is 24.3 Å². The number of amides is 2. The Hall–Kier alpha value is -2.11. The van der Waals surface area contributed by atoms with E-state index in [4.69, 9.17) is 23.2 Å². The molecule has 0 radical (unpaired) electrons. The number of anilines is 1. The number of aromatic nitrogens is 1. The number of halogens is 2. The Morgan fingerprint density at radius 3 is 2.43 bits per heavy atom. The van der Waals surface area contributed by atoms with Crippen LogP contribution in [0.5, 0.6) is 0 Å². The number of hydrogen-bond acceptors (Lipinski definition) is 3. The molecule has 1 aromatic carbocycles. The molecule has 2 aromatic rings. The molecule has 1 unspecified atom stereocenters. The van der Waals surface area contributed by atoms with Crippen LogP contribution >= 0.6 is 23.2 Å². The number of benzene rings is 1. The summed E-state index contributed by atoms with van der Waals surface area (Å²) < 4.78 is 0. The van der Waals surface area contributed by atoms with Gasteiger partial charge in [0.25, 0.3) is 0 Å². The van der Waals surface area contributed by atoms with E-state index in [1.54, 1.807) is 12.1 Å². The Balaban J connectivity index is 1.43. The normalized spacial score (nSPS) is 20.5. The van der Waals surface area contributed by atoms with Crippen molar-refractivity contribution in [1.82, 2.24) is 9.88 Å². The molecule has 1 N–H and O–H groups in total. The van der Waals surface area contributed by atoms with Gasteiger partial charge in [-0.05, 0) is 55.5 Å². The van der Waals surface area contributed by atoms with E-state index in [0.29, 0.717) is 29.0 Å². The molecule has 146 valence electrons. The van der Waals surface area contributed by atoms with E-state index in [1.165, 1.54) is 6.20 Å². The van der Waals surface area contributed by atoms with Gasteiger partial charge in [-0.25, -0.2) is 4.98 Å². The van der Waals surface area contributed by atoms with Crippen LogP contribution in [0.1, 0.15) is 31.2 Å². The standard InChI is InChI=1S/C21H21Cl2N3O2/c22-16-5-3-15(4-6-16)21(9-10-21)20(28)26-11-1-2-14(13-26)19(27)25-18-8-7-17(23)12-24-18/h3-8,12,14H,1-2,9-11,13H2,(H,24,25,27). The first-order valence-corrected chi connectivity index (χ1v) is 10.2. The predicted octanol–water partition coefficient (Wildman–Crippen LogP) is 4.30. The molecule has 2 fully saturated rings. The number of rotatable bonds is 4. The number of nitrogens with one attached hydrogen (secondary N) is 1. The molecule has 1 aromatic heterocycles. The summed E-state index contributed by atoms with van der Waals surface area (Å²) in [5, 5.41) is 4.01. The summed E-state index contributed by atoms with van der Waals surface area (Å²) in [5.74, 6) is 0.245. The maximum absolute atomic E-state index is 13.3. The number of pyridine rings is 1. The van der Waals surface area contributed by atoms with Crippen molar-refractivity contribution in [2.45, 2.75) is 31.1 Å². The molecule has 1 saturated heterocycles. The monoisotopic (exact) mass is 417 g/mol. The third kappa shape index (κ3) is 3.87. The summed E-state index contributed by atoms with van der Waals surface area (Å²) >= 11 is 11.8. The molecule has 2 aliphatic rings. The Labute approximate surface area is 174 Å². The second kappa shape index (κ2) is 7.72. The first-order chi connectivity index (χ1) is 13.5. The topological polar surface area (TPSA) is 62.3 Å². The van der Waals surface area contributed by atoms with Crippen molar-refractivity contribution >= 4 is 40.8 Å². The van der Waals surface area contributed by atoms with Gasteiger partial charge in [0.1, 0.15) is 5.82 Å². The number of carbonyl (C=O) groups is 2. The van der Waals surface area contributed by atoms with Crippen molar-refractivity contribution in [3.05, 3.63) is 58.2 Å². The van der Waals surface area contributed by atoms with Crippen LogP contribution in [0.25, 0.3) is 0 Å². The van der Waals surface area contributed by atoms with Crippen LogP contribution in [-0.2, 0) is 15.0 Å². The minimum Gasteiger partial charge on any atom is -0.341 e. The Morgan fingerprint density at radius 2 is 1.79 bits per heavy atom. The van der Waals surface area contributed by atoms with Gasteiger partial charge in [0.2, 0.25) is 11.8 Å². The fourth-order valence-electron chi connectivity index (χ4n) is 3.88. The van der Waals surface area contributed by atoms with Gasteiger partial charge < -0.3 is 10.2 Å². The van der Waals surface area contributed by atoms with Crippen molar-refractivity contribution < 1.29 is 9.59 Å². The van der Waals surface area contributed by atoms with Crippen LogP contribution in [-0.4, -0.2) is 34.8 Å². The van der Waals surface area contributed by atoms with Gasteiger partial charge >= 0.3 is 0 Å². The lowest BCUT2D eigenvalue weighted by Crippen LogP contribution is -2.47. The lowest BCUT2D eigenvalue weighted by Gasteiger charge is -2.34. The molecule has 1 saturated carbocycles. The van der Waals surface area contributed by atoms with Crippen LogP contribution in [0.2, 0.25) is 10.0 Å². The van der Waals surface area contributed by atoms with Crippen LogP contribution < -0.4 is 5.32 Å². The Bertz CT molecular complexity index is 880. The molecular weight excluding hydrogens is 397 g/mol. The summed E-state index contributed by atoms with van der Waals surface area (Å²) in [7, 11) is 0. The third-order valence-corrected chi connectivity index (χ3v) is 6.09. The Morgan fingerprint density at radius 1 is 1.07 bits per heavy atom. The van der Waals surface area contributed by atoms with Crippen LogP contribution in [0, 0.1) is 5.92 Å². The number of likely N-dealkylation sites (tertiary alicyclic amines) is 1. The minimum absolute atomic E-state index is 0.108. The summed E-state index contributed by atoms with van der Waals surface area (Å²) in [6.45, 7) is 1.13. The number of hydrogen-bond donors (Lipinski definition) is 1. The van der Waals surface area contributed by atoms with E-state index in [-0.39, 0.29) is 17.7 Å². The van der Waals surface area contributed by atoms with Crippen LogP contribution in [0.15, 0.2) is 42.6 Å². The zero-order valence-electron chi connectivity index (χ0n) is 15.3. The summed E-state index contributed by atoms with van der Waals surface area (Å²) in [4.78, 5) is 31.9. The molecule has 2 heterocycles. The van der Waals surface area contributed by atoms with Gasteiger partial charge in [-0.1, -0.05) is 35.3 Å². The quantitative estimate of drug-likeness (QED) is 0.806. The number of carbonyl (C=O) groups excluding carboxylic acids is 2. The van der Waals surface area contributed by atoms with E-state index in [9.17, 15) is 9.59 Å². The summed E-state index contributed by atoms with van der Waals surface area (Å²) in [6.07, 6.45) is 4.76. The maximum atomic E-state index is 13.3. The van der Waals surface area contributed by atoms with Gasteiger partial charge in [0.15, 0.2) is 0 Å². The molecule has 2 amide bonds. The first kappa shape index (κ1) is 19.2. The van der Waals surface area contributed by atoms with Crippen molar-refractivity contribution in [1.29, 1.82) is 0 Å². The van der Waals surface area contributed by atoms with Crippen LogP contribution in [0.4, 0.5) is 5.82 Å². The molecule has 7 heteroatoms. The molecule has 5 nitrogen and oxygen atoms in total. The SMILES string of the molecule is O=C(Nc1ccc(Cl)cn1)C1CCCN(C(=O)C2(c3ccc(Cl)cc3)CC2)C1. The minimum atomic E-state index is -0.444. The van der Waals surface area contributed by atoms with Crippen LogP contribution in [0.3, 0.4) is 0 Å². The maximum Gasteiger partial charge on any atom is 0.233 e. The predicted molar refractivity (Wildman–Crippen MR) is 110 cm³/mol. The fourth-order valence-corrected chi connectivity index (χ4v) is 4.11. The molecule has 0 bridgehead atoms. The van der Waals surface area contributed by atoms with Gasteiger partial charge in [-0.3, -0.25) is 9.59 Å². The average Bonchev–Trinajstić information content (AvgIpc) is 3.52. The molecule has 28 heavy (non-hydrogen) atoms. The lowest BCUT2D eigenvalue weighted by molar-refractivity contribution is -0.137. The number of piperidine rings is 1. The smallest absolute Gasteiger partial charge is 0.233 e. The largest absolute Gasteiger partial charge is 0.341 e. The number of nitrogens with zero attached hydrogens (tertiary/aromatic N) is 2. The van der Waals surface area contributed by atoms with Gasteiger partial charge in [-0.2, -0.15) is 0 Å². The molecule has 1 atom stereocenters. The van der Waals surface area contributed by atoms with Crippen molar-refractivity contribution in [2.75, 3.05) is 18.4 Å². The van der Waals surface area contributed by atoms with Gasteiger partial charge in [0.05, 0.1) is 16.4 Å². The van der Waals surface area contributed by atoms with E-state index in [2.05, 4.69) is 10.3 Å². The molecule has 1 aliphatic heterocycles. The van der Waals surface area contributed by atoms with E-state index < -0.39 is 5.41 Å². The lowest BCUT2D eigenvalue weighted by atomic mass is 9.91. The van der Waals surface area contributed by atoms with Crippen molar-refractivity contribution in [2.24, 2.45) is 5.92 Å². The second-order valence-corrected chi connectivity index (χ2v) is 8.40. The molecule has 4 rings (SSSR count). The zero-order valence-corrected chi connectivity index (χ0v) is 16.8. The van der Waals surface area contributed by atoms with Gasteiger partial charge in [-0.15, -0.1) is 0 Å². The highest BCUT2D eigenvalue weighted by molar-refractivity contribution is 6.30. The molecule has 0 spiro atoms. The van der Waals surface area contributed by atoms with Crippen molar-refractivity contribution in [3.8, 4) is 0 Å². The molecular formula is C21H21Cl2N3O2. The highest BCUT2D eigenvalue weighted by Crippen LogP contribution is 2.50. The zero-order chi connectivity index (χ0) is 19.7. The summed E-state index contributed by atoms with van der Waals surface area (Å²) in [5.41, 5.74) is 0.569. The highest BCUT2D eigenvalue weighted by Gasteiger charge is 2.53. The average molecular weight is 418 g/mol. The Kier molecular flexibility index (Phi) is 5.30. The highest BCUT2D eigenvalue weighted by atomic mass is 35.5. The summed E-state index contributed by atoms with van der Waals surface area (Å²) in [6, 6.07) is 10.9.